The van der Waals surface area contributed by atoms with Crippen molar-refractivity contribution in [2.24, 2.45) is 5.92 Å². The number of anilines is 2. The molecule has 1 rings (SSSR count). The van der Waals surface area contributed by atoms with Crippen LogP contribution in [0.25, 0.3) is 0 Å². The maximum atomic E-state index is 4.57. The molecule has 2 N–H and O–H groups in total. The van der Waals surface area contributed by atoms with Gasteiger partial charge in [-0.05, 0) is 32.6 Å². The lowest BCUT2D eigenvalue weighted by molar-refractivity contribution is 0.472. The van der Waals surface area contributed by atoms with Crippen LogP contribution in [0.3, 0.4) is 0 Å². The van der Waals surface area contributed by atoms with Gasteiger partial charge in [-0.1, -0.05) is 40.0 Å². The summed E-state index contributed by atoms with van der Waals surface area (Å²) in [5.74, 6) is 3.50. The summed E-state index contributed by atoms with van der Waals surface area (Å²) >= 11 is 0. The van der Waals surface area contributed by atoms with Gasteiger partial charge in [0.15, 0.2) is 0 Å². The van der Waals surface area contributed by atoms with E-state index in [1.165, 1.54) is 25.7 Å². The molecule has 0 fully saturated rings. The van der Waals surface area contributed by atoms with Crippen molar-refractivity contribution in [3.8, 4) is 0 Å². The van der Waals surface area contributed by atoms with Crippen molar-refractivity contribution in [1.29, 1.82) is 0 Å². The molecule has 0 saturated carbocycles. The van der Waals surface area contributed by atoms with E-state index in [1.807, 2.05) is 6.92 Å². The van der Waals surface area contributed by atoms with Gasteiger partial charge in [0.2, 0.25) is 0 Å². The minimum absolute atomic E-state index is 0.728. The number of hydrogen-bond donors (Lipinski definition) is 2. The van der Waals surface area contributed by atoms with Crippen LogP contribution in [0.2, 0.25) is 0 Å². The molecule has 0 spiro atoms. The SMILES string of the molecule is CCCCC(CC)CNc1nc(C)nc(NCCC)c1C. The molecular weight excluding hydrogens is 260 g/mol. The van der Waals surface area contributed by atoms with Crippen LogP contribution in [-0.4, -0.2) is 23.1 Å². The number of aromatic nitrogens is 2. The van der Waals surface area contributed by atoms with Crippen LogP contribution in [0.4, 0.5) is 11.6 Å². The van der Waals surface area contributed by atoms with Crippen molar-refractivity contribution in [1.82, 2.24) is 9.97 Å². The van der Waals surface area contributed by atoms with E-state index in [2.05, 4.69) is 48.3 Å². The van der Waals surface area contributed by atoms with Crippen molar-refractivity contribution in [2.45, 2.75) is 66.7 Å². The Bertz CT molecular complexity index is 417. The van der Waals surface area contributed by atoms with Crippen LogP contribution in [0.5, 0.6) is 0 Å². The zero-order chi connectivity index (χ0) is 15.7. The fourth-order valence-electron chi connectivity index (χ4n) is 2.40. The summed E-state index contributed by atoms with van der Waals surface area (Å²) in [4.78, 5) is 9.07. The zero-order valence-electron chi connectivity index (χ0n) is 14.4. The minimum Gasteiger partial charge on any atom is -0.370 e. The number of nitrogens with one attached hydrogen (secondary N) is 2. The van der Waals surface area contributed by atoms with Gasteiger partial charge in [-0.2, -0.15) is 0 Å². The van der Waals surface area contributed by atoms with Gasteiger partial charge in [-0.3, -0.25) is 0 Å². The number of nitrogens with zero attached hydrogens (tertiary/aromatic N) is 2. The molecule has 4 heteroatoms. The first-order valence-corrected chi connectivity index (χ1v) is 8.45. The first-order chi connectivity index (χ1) is 10.1. The van der Waals surface area contributed by atoms with Crippen molar-refractivity contribution >= 4 is 11.6 Å². The third-order valence-electron chi connectivity index (χ3n) is 3.90. The third-order valence-corrected chi connectivity index (χ3v) is 3.90. The monoisotopic (exact) mass is 292 g/mol. The lowest BCUT2D eigenvalue weighted by atomic mass is 9.99. The molecule has 0 radical (unpaired) electrons. The molecule has 1 atom stereocenters. The average molecular weight is 292 g/mol. The molecule has 0 aromatic carbocycles. The standard InChI is InChI=1S/C17H32N4/c1-6-9-10-15(8-3)12-19-17-13(4)16(18-11-7-2)20-14(5)21-17/h15H,6-12H2,1-5H3,(H2,18,19,20,21). The second kappa shape index (κ2) is 9.59. The van der Waals surface area contributed by atoms with Gasteiger partial charge in [-0.15, -0.1) is 0 Å². The second-order valence-corrected chi connectivity index (χ2v) is 5.82. The predicted octanol–water partition coefficient (Wildman–Crippen LogP) is 4.54. The van der Waals surface area contributed by atoms with Gasteiger partial charge in [0, 0.05) is 18.7 Å². The zero-order valence-corrected chi connectivity index (χ0v) is 14.4. The number of aryl methyl sites for hydroxylation is 1. The summed E-state index contributed by atoms with van der Waals surface area (Å²) in [6, 6.07) is 0. The normalized spacial score (nSPS) is 12.2. The van der Waals surface area contributed by atoms with E-state index >= 15 is 0 Å². The van der Waals surface area contributed by atoms with Gasteiger partial charge in [-0.25, -0.2) is 9.97 Å². The van der Waals surface area contributed by atoms with Gasteiger partial charge in [0.1, 0.15) is 17.5 Å². The molecule has 1 heterocycles. The summed E-state index contributed by atoms with van der Waals surface area (Å²) < 4.78 is 0. The van der Waals surface area contributed by atoms with Crippen LogP contribution in [0, 0.1) is 19.8 Å². The summed E-state index contributed by atoms with van der Waals surface area (Å²) in [6.45, 7) is 12.7. The quantitative estimate of drug-likeness (QED) is 0.664. The van der Waals surface area contributed by atoms with Crippen LogP contribution in [0.1, 0.15) is 64.3 Å². The first kappa shape index (κ1) is 17.7. The minimum atomic E-state index is 0.728. The van der Waals surface area contributed by atoms with E-state index in [4.69, 9.17) is 0 Å². The smallest absolute Gasteiger partial charge is 0.134 e. The molecule has 1 aromatic heterocycles. The Morgan fingerprint density at radius 2 is 1.62 bits per heavy atom. The molecule has 0 aliphatic rings. The lowest BCUT2D eigenvalue weighted by Crippen LogP contribution is -2.17. The maximum absolute atomic E-state index is 4.57. The molecule has 120 valence electrons. The van der Waals surface area contributed by atoms with Crippen molar-refractivity contribution in [3.05, 3.63) is 11.4 Å². The maximum Gasteiger partial charge on any atom is 0.134 e. The van der Waals surface area contributed by atoms with Crippen LogP contribution in [0.15, 0.2) is 0 Å². The summed E-state index contributed by atoms with van der Waals surface area (Å²) in [6.07, 6.45) is 6.19. The first-order valence-electron chi connectivity index (χ1n) is 8.45. The fourth-order valence-corrected chi connectivity index (χ4v) is 2.40. The molecule has 0 bridgehead atoms. The van der Waals surface area contributed by atoms with Crippen LogP contribution >= 0.6 is 0 Å². The molecule has 1 aromatic rings. The topological polar surface area (TPSA) is 49.8 Å². The van der Waals surface area contributed by atoms with Gasteiger partial charge < -0.3 is 10.6 Å². The van der Waals surface area contributed by atoms with E-state index < -0.39 is 0 Å². The molecule has 4 nitrogen and oxygen atoms in total. The predicted molar refractivity (Wildman–Crippen MR) is 92.1 cm³/mol. The Hall–Kier alpha value is -1.32. The largest absolute Gasteiger partial charge is 0.370 e. The highest BCUT2D eigenvalue weighted by molar-refractivity contribution is 5.57. The molecular formula is C17H32N4. The Balaban J connectivity index is 2.71. The third kappa shape index (κ3) is 5.90. The van der Waals surface area contributed by atoms with E-state index in [9.17, 15) is 0 Å². The van der Waals surface area contributed by atoms with Crippen LogP contribution in [-0.2, 0) is 0 Å². The highest BCUT2D eigenvalue weighted by Crippen LogP contribution is 2.21. The van der Waals surface area contributed by atoms with Crippen LogP contribution < -0.4 is 10.6 Å². The summed E-state index contributed by atoms with van der Waals surface area (Å²) in [5, 5.41) is 6.93. The van der Waals surface area contributed by atoms with E-state index in [0.29, 0.717) is 0 Å². The fraction of sp³-hybridized carbons (Fsp3) is 0.765. The van der Waals surface area contributed by atoms with Gasteiger partial charge >= 0.3 is 0 Å². The Labute approximate surface area is 130 Å². The van der Waals surface area contributed by atoms with E-state index in [-0.39, 0.29) is 0 Å². The van der Waals surface area contributed by atoms with Crippen molar-refractivity contribution < 1.29 is 0 Å². The molecule has 0 aliphatic heterocycles. The Kier molecular flexibility index (Phi) is 8.09. The molecule has 21 heavy (non-hydrogen) atoms. The molecule has 0 saturated heterocycles. The highest BCUT2D eigenvalue weighted by atomic mass is 15.1. The second-order valence-electron chi connectivity index (χ2n) is 5.82. The number of rotatable bonds is 10. The van der Waals surface area contributed by atoms with E-state index in [1.54, 1.807) is 0 Å². The Morgan fingerprint density at radius 3 is 2.19 bits per heavy atom. The molecule has 0 amide bonds. The highest BCUT2D eigenvalue weighted by Gasteiger charge is 2.11. The Morgan fingerprint density at radius 1 is 0.952 bits per heavy atom. The number of hydrogen-bond acceptors (Lipinski definition) is 4. The van der Waals surface area contributed by atoms with E-state index in [0.717, 1.165) is 48.5 Å². The molecule has 1 unspecified atom stereocenters. The number of unbranched alkanes of at least 4 members (excludes halogenated alkanes) is 1. The summed E-state index contributed by atoms with van der Waals surface area (Å²) in [5.41, 5.74) is 1.12. The lowest BCUT2D eigenvalue weighted by Gasteiger charge is -2.18. The van der Waals surface area contributed by atoms with Crippen molar-refractivity contribution in [3.63, 3.8) is 0 Å². The molecule has 0 aliphatic carbocycles. The summed E-state index contributed by atoms with van der Waals surface area (Å²) in [7, 11) is 0. The average Bonchev–Trinajstić information content (AvgIpc) is 2.48. The van der Waals surface area contributed by atoms with Gasteiger partial charge in [0.05, 0.1) is 0 Å². The van der Waals surface area contributed by atoms with Gasteiger partial charge in [0.25, 0.3) is 0 Å². The van der Waals surface area contributed by atoms with Crippen molar-refractivity contribution in [2.75, 3.05) is 23.7 Å².